The molecular weight excluding hydrogens is 584 g/mol. The third kappa shape index (κ3) is 6.29. The lowest BCUT2D eigenvalue weighted by Gasteiger charge is -2.51. The molecule has 0 bridgehead atoms. The van der Waals surface area contributed by atoms with Crippen LogP contribution in [0, 0.1) is 40.7 Å². The van der Waals surface area contributed by atoms with E-state index < -0.39 is 11.6 Å². The van der Waals surface area contributed by atoms with Crippen molar-refractivity contribution in [2.24, 2.45) is 17.8 Å². The van der Waals surface area contributed by atoms with Gasteiger partial charge in [-0.1, -0.05) is 44.2 Å². The molecule has 0 N–H and O–H groups in total. The van der Waals surface area contributed by atoms with Gasteiger partial charge in [0.1, 0.15) is 17.6 Å². The molecule has 2 saturated heterocycles. The third-order valence-electron chi connectivity index (χ3n) is 10.8. The molecule has 0 unspecified atom stereocenters. The van der Waals surface area contributed by atoms with E-state index in [2.05, 4.69) is 57.9 Å². The molecule has 0 radical (unpaired) electrons. The second kappa shape index (κ2) is 13.9. The van der Waals surface area contributed by atoms with Gasteiger partial charge in [-0.2, -0.15) is 5.26 Å². The Morgan fingerprint density at radius 3 is 2.43 bits per heavy atom. The minimum Gasteiger partial charge on any atom is -0.462 e. The molecule has 3 aromatic rings. The number of piperidine rings is 1. The summed E-state index contributed by atoms with van der Waals surface area (Å²) in [6, 6.07) is 14.9. The number of likely N-dealkylation sites (tertiary alicyclic amines) is 1. The van der Waals surface area contributed by atoms with Gasteiger partial charge in [-0.15, -0.1) is 0 Å². The molecule has 1 aliphatic carbocycles. The molecule has 1 aromatic heterocycles. The third-order valence-corrected chi connectivity index (χ3v) is 10.8. The summed E-state index contributed by atoms with van der Waals surface area (Å²) < 4.78 is 37.7. The Bertz CT molecular complexity index is 1520. The number of nitrogens with zero attached hydrogens (tertiary/aromatic N) is 5. The monoisotopic (exact) mass is 629 g/mol. The number of ether oxygens (including phenoxy) is 1. The first-order valence-corrected chi connectivity index (χ1v) is 17.0. The maximum Gasteiger partial charge on any atom is 0.305 e. The topological polar surface area (TPSA) is 74.4 Å². The molecule has 2 aromatic carbocycles. The summed E-state index contributed by atoms with van der Waals surface area (Å²) in [6.45, 7) is 8.80. The van der Waals surface area contributed by atoms with Gasteiger partial charge in [-0.25, -0.2) is 13.8 Å². The Kier molecular flexibility index (Phi) is 9.74. The van der Waals surface area contributed by atoms with Crippen LogP contribution in [0.5, 0.6) is 0 Å². The Morgan fingerprint density at radius 2 is 1.78 bits per heavy atom. The number of benzene rings is 2. The van der Waals surface area contributed by atoms with Crippen LogP contribution in [-0.4, -0.2) is 59.2 Å². The van der Waals surface area contributed by atoms with E-state index in [1.807, 2.05) is 19.2 Å². The van der Waals surface area contributed by atoms with Gasteiger partial charge in [0.05, 0.1) is 11.6 Å². The predicted octanol–water partition coefficient (Wildman–Crippen LogP) is 6.50. The molecule has 3 heterocycles. The fourth-order valence-corrected chi connectivity index (χ4v) is 8.62. The van der Waals surface area contributed by atoms with Crippen molar-refractivity contribution in [1.29, 1.82) is 5.26 Å². The van der Waals surface area contributed by atoms with E-state index >= 15 is 0 Å². The molecule has 6 rings (SSSR count). The summed E-state index contributed by atoms with van der Waals surface area (Å²) in [6.07, 6.45) is 10.1. The second-order valence-corrected chi connectivity index (χ2v) is 13.4. The highest BCUT2D eigenvalue weighted by Crippen LogP contribution is 2.52. The van der Waals surface area contributed by atoms with Crippen molar-refractivity contribution in [3.05, 3.63) is 83.4 Å². The zero-order valence-corrected chi connectivity index (χ0v) is 27.0. The van der Waals surface area contributed by atoms with Gasteiger partial charge in [0.25, 0.3) is 0 Å². The van der Waals surface area contributed by atoms with E-state index in [1.54, 1.807) is 4.90 Å². The van der Waals surface area contributed by atoms with Crippen molar-refractivity contribution in [1.82, 2.24) is 14.5 Å². The average Bonchev–Trinajstić information content (AvgIpc) is 3.71. The lowest BCUT2D eigenvalue weighted by molar-refractivity contribution is -0.152. The average molecular weight is 630 g/mol. The van der Waals surface area contributed by atoms with Gasteiger partial charge in [0.2, 0.25) is 0 Å². The zero-order valence-electron chi connectivity index (χ0n) is 27.0. The summed E-state index contributed by atoms with van der Waals surface area (Å²) in [5.74, 6) is 0.508. The van der Waals surface area contributed by atoms with Crippen LogP contribution in [0.2, 0.25) is 0 Å². The summed E-state index contributed by atoms with van der Waals surface area (Å²) in [5.41, 5.74) is 1.05. The maximum atomic E-state index is 14.6. The van der Waals surface area contributed by atoms with Crippen molar-refractivity contribution in [3.63, 3.8) is 0 Å². The van der Waals surface area contributed by atoms with Gasteiger partial charge in [0.15, 0.2) is 11.6 Å². The van der Waals surface area contributed by atoms with Crippen molar-refractivity contribution < 1.29 is 18.3 Å². The number of anilines is 1. The number of aryl methyl sites for hydroxylation is 1. The van der Waals surface area contributed by atoms with Gasteiger partial charge in [-0.3, -0.25) is 4.79 Å². The van der Waals surface area contributed by atoms with Crippen LogP contribution < -0.4 is 4.90 Å². The summed E-state index contributed by atoms with van der Waals surface area (Å²) in [7, 11) is 0. The van der Waals surface area contributed by atoms with Gasteiger partial charge in [0, 0.05) is 68.7 Å². The summed E-state index contributed by atoms with van der Waals surface area (Å²) in [5, 5.41) is 9.03. The molecule has 9 heteroatoms. The highest BCUT2D eigenvalue weighted by molar-refractivity contribution is 5.69. The van der Waals surface area contributed by atoms with Crippen LogP contribution in [-0.2, 0) is 27.9 Å². The molecule has 244 valence electrons. The van der Waals surface area contributed by atoms with Crippen molar-refractivity contribution in [2.45, 2.75) is 76.9 Å². The maximum absolute atomic E-state index is 14.6. The Hall–Kier alpha value is -3.77. The minimum atomic E-state index is -0.674. The smallest absolute Gasteiger partial charge is 0.305 e. The van der Waals surface area contributed by atoms with E-state index in [1.165, 1.54) is 5.56 Å². The molecule has 7 nitrogen and oxygen atoms in total. The lowest BCUT2D eigenvalue weighted by atomic mass is 9.58. The van der Waals surface area contributed by atoms with Crippen LogP contribution in [0.1, 0.15) is 69.3 Å². The predicted molar refractivity (Wildman–Crippen MR) is 173 cm³/mol. The number of hydrogen-bond acceptors (Lipinski definition) is 6. The fraction of sp³-hybridized carbons (Fsp3) is 0.541. The SMILES string of the molecule is CCC(=O)O[C@H]1CCC[C@@H]1[C@](Cn1ccnc1CC)(c1ccccc1)C1CCN(CC2CN(c3c(F)cc(C#N)cc3F)C2)CC1. The largest absolute Gasteiger partial charge is 0.462 e. The molecule has 46 heavy (non-hydrogen) atoms. The number of imidazole rings is 1. The van der Waals surface area contributed by atoms with Crippen LogP contribution in [0.25, 0.3) is 0 Å². The van der Waals surface area contributed by atoms with Crippen molar-refractivity contribution in [3.8, 4) is 6.07 Å². The van der Waals surface area contributed by atoms with Gasteiger partial charge < -0.3 is 19.1 Å². The molecular formula is C37H45F2N5O2. The number of hydrogen-bond donors (Lipinski definition) is 0. The van der Waals surface area contributed by atoms with Crippen LogP contribution in [0.15, 0.2) is 54.9 Å². The van der Waals surface area contributed by atoms with Crippen molar-refractivity contribution in [2.75, 3.05) is 37.6 Å². The number of halogens is 2. The number of carbonyl (C=O) groups is 1. The standard InChI is InChI=1S/C37H45F2N5O2/c1-3-34-41-15-18-43(34)25-37(28-9-6-5-7-10-28,30-11-8-12-33(30)46-35(45)4-2)29-13-16-42(17-14-29)22-27-23-44(24-27)36-31(38)19-26(21-40)20-32(36)39/h5-7,9-10,15,18-20,27,29-30,33H,3-4,8,11-14,16-17,22-25H2,1-2H3/t30-,33-,37+/m0/s1. The number of carbonyl (C=O) groups excluding carboxylic acids is 1. The van der Waals surface area contributed by atoms with E-state index in [4.69, 9.17) is 10.00 Å². The first-order chi connectivity index (χ1) is 22.4. The second-order valence-electron chi connectivity index (χ2n) is 13.4. The first kappa shape index (κ1) is 32.2. The Morgan fingerprint density at radius 1 is 1.07 bits per heavy atom. The van der Waals surface area contributed by atoms with Crippen molar-refractivity contribution >= 4 is 11.7 Å². The van der Waals surface area contributed by atoms with E-state index in [0.29, 0.717) is 31.3 Å². The van der Waals surface area contributed by atoms with Gasteiger partial charge in [-0.05, 0) is 68.8 Å². The Labute approximate surface area is 271 Å². The van der Waals surface area contributed by atoms with E-state index in [0.717, 1.165) is 82.7 Å². The molecule has 1 saturated carbocycles. The zero-order chi connectivity index (χ0) is 32.3. The first-order valence-electron chi connectivity index (χ1n) is 17.0. The van der Waals surface area contributed by atoms with Crippen LogP contribution >= 0.6 is 0 Å². The molecule has 2 aliphatic heterocycles. The number of nitriles is 1. The normalized spacial score (nSPS) is 22.3. The number of rotatable bonds is 11. The highest BCUT2D eigenvalue weighted by Gasteiger charge is 2.53. The quantitative estimate of drug-likeness (QED) is 0.226. The van der Waals surface area contributed by atoms with E-state index in [-0.39, 0.29) is 34.7 Å². The fourth-order valence-electron chi connectivity index (χ4n) is 8.62. The molecule has 3 atom stereocenters. The van der Waals surface area contributed by atoms with Crippen LogP contribution in [0.3, 0.4) is 0 Å². The molecule has 0 spiro atoms. The van der Waals surface area contributed by atoms with E-state index in [9.17, 15) is 13.6 Å². The number of aromatic nitrogens is 2. The number of esters is 1. The minimum absolute atomic E-state index is 0.00307. The molecule has 3 fully saturated rings. The highest BCUT2D eigenvalue weighted by atomic mass is 19.1. The summed E-state index contributed by atoms with van der Waals surface area (Å²) >= 11 is 0. The van der Waals surface area contributed by atoms with Crippen LogP contribution in [0.4, 0.5) is 14.5 Å². The molecule has 3 aliphatic rings. The molecule has 0 amide bonds. The van der Waals surface area contributed by atoms with Gasteiger partial charge >= 0.3 is 5.97 Å². The lowest BCUT2D eigenvalue weighted by Crippen LogP contribution is -2.55. The summed E-state index contributed by atoms with van der Waals surface area (Å²) in [4.78, 5) is 21.6. The Balaban J connectivity index is 1.21.